The van der Waals surface area contributed by atoms with Crippen LogP contribution in [0.3, 0.4) is 0 Å². The van der Waals surface area contributed by atoms with Gasteiger partial charge in [0, 0.05) is 34.5 Å². The highest BCUT2D eigenvalue weighted by Gasteiger charge is 2.51. The number of aryl methyl sites for hydroxylation is 1. The van der Waals surface area contributed by atoms with Crippen LogP contribution in [0, 0.1) is 11.8 Å². The van der Waals surface area contributed by atoms with Crippen molar-refractivity contribution in [1.82, 2.24) is 9.80 Å². The highest BCUT2D eigenvalue weighted by molar-refractivity contribution is 7.29. The fraction of sp³-hybridized carbons (Fsp3) is 0.619. The third-order valence-electron chi connectivity index (χ3n) is 15.5. The molecule has 0 fully saturated rings. The molecular weight excluding hydrogens is 927 g/mol. The highest BCUT2D eigenvalue weighted by Crippen LogP contribution is 2.51. The van der Waals surface area contributed by atoms with Gasteiger partial charge in [0.15, 0.2) is 11.5 Å². The zero-order chi connectivity index (χ0) is 51.7. The maximum atomic E-state index is 15.7. The molecule has 72 heavy (non-hydrogen) atoms. The first kappa shape index (κ1) is 55.7. The van der Waals surface area contributed by atoms with Crippen LogP contribution < -0.4 is 5.73 Å². The number of hydrogen-bond donors (Lipinski definition) is 1. The average Bonchev–Trinajstić information content (AvgIpc) is 4.21. The Balaban J connectivity index is 1.39. The van der Waals surface area contributed by atoms with E-state index in [9.17, 15) is 0 Å². The van der Waals surface area contributed by atoms with Crippen LogP contribution in [0.25, 0.3) is 42.2 Å². The van der Waals surface area contributed by atoms with E-state index in [4.69, 9.17) is 14.6 Å². The lowest BCUT2D eigenvalue weighted by Crippen LogP contribution is -2.34. The van der Waals surface area contributed by atoms with Crippen LogP contribution in [0.15, 0.2) is 56.4 Å². The number of carbonyl (C=O) groups excluding carboxylic acids is 2. The van der Waals surface area contributed by atoms with Gasteiger partial charge in [0.1, 0.15) is 22.9 Å². The van der Waals surface area contributed by atoms with Gasteiger partial charge in [0.2, 0.25) is 0 Å². The number of amides is 2. The summed E-state index contributed by atoms with van der Waals surface area (Å²) in [5.41, 5.74) is 11.3. The van der Waals surface area contributed by atoms with Crippen molar-refractivity contribution >= 4 is 71.7 Å². The second-order valence-electron chi connectivity index (χ2n) is 23.6. The number of nitrogens with zero attached hydrogens (tertiary/aromatic N) is 2. The molecule has 394 valence electrons. The van der Waals surface area contributed by atoms with E-state index in [0.29, 0.717) is 59.0 Å². The van der Waals surface area contributed by atoms with Gasteiger partial charge in [-0.15, -0.1) is 22.7 Å². The molecule has 0 bridgehead atoms. The van der Waals surface area contributed by atoms with Gasteiger partial charge in [-0.3, -0.25) is 9.59 Å². The monoisotopic (exact) mass is 1020 g/mol. The fourth-order valence-electron chi connectivity index (χ4n) is 11.1. The minimum atomic E-state index is -0.248. The minimum Gasteiger partial charge on any atom is -0.459 e. The van der Waals surface area contributed by atoms with Crippen molar-refractivity contribution in [1.29, 1.82) is 0 Å². The molecule has 0 saturated heterocycles. The van der Waals surface area contributed by atoms with Crippen LogP contribution in [0.5, 0.6) is 0 Å². The SMILES string of the molecule is CCCCCCc1c(N)c2cc(C(C)(C)C)sc2c2sc(-c3ccc(C4=C5C(=O)N(CC(CCCC)CCCCCC)C(c6ccc(C(C)(C)C)o6)=C5C(=O)N4CC(CCCCC)CCCCCC)o3)cc12. The first-order valence-electron chi connectivity index (χ1n) is 28.7. The summed E-state index contributed by atoms with van der Waals surface area (Å²) in [6, 6.07) is 12.8. The number of furan rings is 2. The molecule has 2 aliphatic rings. The number of carbonyl (C=O) groups is 2. The van der Waals surface area contributed by atoms with Gasteiger partial charge in [-0.2, -0.15) is 0 Å². The highest BCUT2D eigenvalue weighted by atomic mass is 32.1. The summed E-state index contributed by atoms with van der Waals surface area (Å²) in [6.45, 7) is 25.7. The van der Waals surface area contributed by atoms with Gasteiger partial charge < -0.3 is 24.4 Å². The van der Waals surface area contributed by atoms with Crippen molar-refractivity contribution in [3.05, 3.63) is 75.3 Å². The lowest BCUT2D eigenvalue weighted by Gasteiger charge is -2.29. The van der Waals surface area contributed by atoms with E-state index in [2.05, 4.69) is 94.4 Å². The minimum absolute atomic E-state index is 0.00102. The van der Waals surface area contributed by atoms with Gasteiger partial charge in [0.25, 0.3) is 11.8 Å². The number of benzene rings is 1. The molecule has 0 spiro atoms. The van der Waals surface area contributed by atoms with Crippen LogP contribution in [-0.2, 0) is 26.8 Å². The van der Waals surface area contributed by atoms with Crippen LogP contribution >= 0.6 is 22.7 Å². The number of unbranched alkanes of at least 4 members (excludes halogenated alkanes) is 12. The zero-order valence-electron chi connectivity index (χ0n) is 46.5. The second kappa shape index (κ2) is 25.0. The Hall–Kier alpha value is -4.08. The van der Waals surface area contributed by atoms with Gasteiger partial charge in [-0.05, 0) is 103 Å². The Bertz CT molecular complexity index is 2670. The number of hydrogen-bond acceptors (Lipinski definition) is 7. The standard InChI is InChI=1S/C63H91N3O4S2/c1-12-17-22-26-31-42(29-21-16-5)40-66-57(49-36-37-51(70-49)62(6,7)8)54-53(60(66)67)56(65(61(54)68)41-43(30-25-20-15-4)32-27-23-18-13-2)48-35-34-47(69-48)50-38-45-44(33-28-24-19-14-3)55(64)46-39-52(63(9,10)11)72-59(46)58(45)71-50/h34-39,42-43H,12-33,40-41,64H2,1-11H3. The lowest BCUT2D eigenvalue weighted by atomic mass is 9.93. The third kappa shape index (κ3) is 12.5. The summed E-state index contributed by atoms with van der Waals surface area (Å²) in [7, 11) is 0. The van der Waals surface area contributed by atoms with E-state index in [1.54, 1.807) is 11.3 Å². The third-order valence-corrected chi connectivity index (χ3v) is 18.3. The van der Waals surface area contributed by atoms with E-state index < -0.39 is 0 Å². The lowest BCUT2D eigenvalue weighted by molar-refractivity contribution is -0.124. The van der Waals surface area contributed by atoms with E-state index >= 15 is 9.59 Å². The molecule has 7 rings (SSSR count). The molecule has 9 heteroatoms. The summed E-state index contributed by atoms with van der Waals surface area (Å²) >= 11 is 3.64. The number of nitrogen functional groups attached to an aromatic ring is 1. The predicted molar refractivity (Wildman–Crippen MR) is 309 cm³/mol. The van der Waals surface area contributed by atoms with Crippen molar-refractivity contribution in [3.63, 3.8) is 0 Å². The van der Waals surface area contributed by atoms with E-state index in [1.807, 2.05) is 39.3 Å². The van der Waals surface area contributed by atoms with Crippen LogP contribution in [-0.4, -0.2) is 34.7 Å². The van der Waals surface area contributed by atoms with Gasteiger partial charge in [-0.1, -0.05) is 179 Å². The smallest absolute Gasteiger partial charge is 0.261 e. The Kier molecular flexibility index (Phi) is 19.3. The van der Waals surface area contributed by atoms with E-state index in [0.717, 1.165) is 105 Å². The zero-order valence-corrected chi connectivity index (χ0v) is 48.1. The molecule has 2 aliphatic heterocycles. The molecule has 5 aromatic rings. The first-order valence-corrected chi connectivity index (χ1v) is 30.3. The topological polar surface area (TPSA) is 92.9 Å². The second-order valence-corrected chi connectivity index (χ2v) is 25.7. The van der Waals surface area contributed by atoms with E-state index in [1.165, 1.54) is 89.4 Å². The predicted octanol–water partition coefficient (Wildman–Crippen LogP) is 19.0. The summed E-state index contributed by atoms with van der Waals surface area (Å²) in [5.74, 6) is 3.12. The van der Waals surface area contributed by atoms with E-state index in [-0.39, 0.29) is 22.6 Å². The van der Waals surface area contributed by atoms with Crippen LogP contribution in [0.1, 0.15) is 239 Å². The summed E-state index contributed by atoms with van der Waals surface area (Å²) in [6.07, 6.45) is 24.9. The van der Waals surface area contributed by atoms with Crippen molar-refractivity contribution in [3.8, 4) is 10.6 Å². The number of thiophene rings is 2. The average molecular weight is 1020 g/mol. The molecule has 0 saturated carbocycles. The molecule has 2 amide bonds. The maximum Gasteiger partial charge on any atom is 0.261 e. The molecule has 4 aromatic heterocycles. The van der Waals surface area contributed by atoms with Crippen molar-refractivity contribution in [2.45, 2.75) is 228 Å². The molecule has 6 heterocycles. The summed E-state index contributed by atoms with van der Waals surface area (Å²) in [4.78, 5) is 37.7. The largest absolute Gasteiger partial charge is 0.459 e. The van der Waals surface area contributed by atoms with Crippen molar-refractivity contribution in [2.24, 2.45) is 11.8 Å². The van der Waals surface area contributed by atoms with Crippen LogP contribution in [0.2, 0.25) is 0 Å². The molecular formula is C63H91N3O4S2. The van der Waals surface area contributed by atoms with Gasteiger partial charge in [-0.25, -0.2) is 0 Å². The Morgan fingerprint density at radius 3 is 1.53 bits per heavy atom. The Morgan fingerprint density at radius 2 is 1.00 bits per heavy atom. The molecule has 7 nitrogen and oxygen atoms in total. The normalized spacial score (nSPS) is 15.5. The molecule has 2 atom stereocenters. The number of fused-ring (bicyclic) bond motifs is 4. The fourth-order valence-corrected chi connectivity index (χ4v) is 13.7. The summed E-state index contributed by atoms with van der Waals surface area (Å²) < 4.78 is 16.4. The maximum absolute atomic E-state index is 15.7. The molecule has 1 aromatic carbocycles. The Labute approximate surface area is 442 Å². The molecule has 0 aliphatic carbocycles. The molecule has 2 unspecified atom stereocenters. The Morgan fingerprint density at radius 1 is 0.528 bits per heavy atom. The molecule has 2 N–H and O–H groups in total. The van der Waals surface area contributed by atoms with Crippen LogP contribution in [0.4, 0.5) is 5.69 Å². The number of anilines is 1. The quantitative estimate of drug-likeness (QED) is 0.0380. The number of rotatable bonds is 29. The van der Waals surface area contributed by atoms with Crippen molar-refractivity contribution < 1.29 is 18.4 Å². The van der Waals surface area contributed by atoms with Gasteiger partial charge >= 0.3 is 0 Å². The molecule has 0 radical (unpaired) electrons. The summed E-state index contributed by atoms with van der Waals surface area (Å²) in [5, 5.41) is 2.38. The van der Waals surface area contributed by atoms with Crippen molar-refractivity contribution in [2.75, 3.05) is 18.8 Å². The number of nitrogens with two attached hydrogens (primary N) is 1. The first-order chi connectivity index (χ1) is 34.6. The van der Waals surface area contributed by atoms with Gasteiger partial charge in [0.05, 0.1) is 25.4 Å².